The van der Waals surface area contributed by atoms with Crippen LogP contribution in [0.4, 0.5) is 24.7 Å². The number of rotatable bonds is 17. The average Bonchev–Trinajstić information content (AvgIpc) is 3.94. The van der Waals surface area contributed by atoms with Crippen molar-refractivity contribution in [3.63, 3.8) is 0 Å². The molecule has 4 amide bonds. The number of nitrogens with zero attached hydrogens (tertiary/aromatic N) is 6. The third-order valence-electron chi connectivity index (χ3n) is 16.1. The number of imide groups is 1. The first-order valence-corrected chi connectivity index (χ1v) is 26.7. The van der Waals surface area contributed by atoms with Gasteiger partial charge in [-0.15, -0.1) is 0 Å². The quantitative estimate of drug-likeness (QED) is 0.0518. The fourth-order valence-electron chi connectivity index (χ4n) is 12.2. The Bertz CT molecular complexity index is 2920. The average molecular weight is 1020 g/mol. The molecule has 5 aliphatic rings. The van der Waals surface area contributed by atoms with Crippen LogP contribution in [-0.2, 0) is 25.6 Å². The Balaban J connectivity index is 0.733. The number of anilines is 2. The molecule has 5 aromatic rings. The minimum Gasteiger partial charge on any atom is -0.508 e. The number of halogens is 3. The minimum absolute atomic E-state index is 0.0412. The van der Waals surface area contributed by atoms with E-state index >= 15 is 8.78 Å². The van der Waals surface area contributed by atoms with Crippen molar-refractivity contribution in [3.05, 3.63) is 77.5 Å². The van der Waals surface area contributed by atoms with E-state index in [1.54, 1.807) is 6.07 Å². The van der Waals surface area contributed by atoms with Crippen molar-refractivity contribution in [1.82, 2.24) is 35.4 Å². The summed E-state index contributed by atoms with van der Waals surface area (Å²) in [5, 5.41) is 20.8. The van der Waals surface area contributed by atoms with Gasteiger partial charge >= 0.3 is 6.01 Å². The highest BCUT2D eigenvalue weighted by molar-refractivity contribution is 6.02. The van der Waals surface area contributed by atoms with Crippen LogP contribution in [0.1, 0.15) is 114 Å². The molecule has 5 fully saturated rings. The number of carbonyl (C=O) groups excluding carboxylic acids is 4. The van der Waals surface area contributed by atoms with E-state index in [2.05, 4.69) is 47.9 Å². The molecule has 3 aromatic carbocycles. The molecule has 0 aliphatic carbocycles. The molecule has 5 aliphatic heterocycles. The van der Waals surface area contributed by atoms with Crippen molar-refractivity contribution in [2.24, 2.45) is 5.92 Å². The Labute approximate surface area is 429 Å². The highest BCUT2D eigenvalue weighted by Gasteiger charge is 2.49. The molecule has 4 N–H and O–H groups in total. The number of phenols is 1. The summed E-state index contributed by atoms with van der Waals surface area (Å²) in [6.45, 7) is 6.04. The highest BCUT2D eigenvalue weighted by atomic mass is 19.1. The molecule has 0 saturated carbocycles. The number of piperidine rings is 3. The molecule has 15 nitrogen and oxygen atoms in total. The fraction of sp³-hybridized carbons (Fsp3) is 0.518. The maximum atomic E-state index is 17.2. The van der Waals surface area contributed by atoms with Crippen molar-refractivity contribution in [1.29, 1.82) is 0 Å². The van der Waals surface area contributed by atoms with Gasteiger partial charge < -0.3 is 30.3 Å². The molecule has 4 atom stereocenters. The number of aromatic hydroxyl groups is 1. The molecule has 392 valence electrons. The number of amides is 4. The van der Waals surface area contributed by atoms with Crippen LogP contribution in [0.5, 0.6) is 11.8 Å². The number of hydrogen-bond donors (Lipinski definition) is 4. The first-order valence-electron chi connectivity index (χ1n) is 26.7. The van der Waals surface area contributed by atoms with Crippen molar-refractivity contribution >= 4 is 56.8 Å². The Morgan fingerprint density at radius 2 is 1.74 bits per heavy atom. The van der Waals surface area contributed by atoms with Gasteiger partial charge in [-0.05, 0) is 135 Å². The van der Waals surface area contributed by atoms with Crippen LogP contribution in [0.2, 0.25) is 0 Å². The summed E-state index contributed by atoms with van der Waals surface area (Å²) in [4.78, 5) is 70.2. The fourth-order valence-corrected chi connectivity index (χ4v) is 12.2. The second-order valence-corrected chi connectivity index (χ2v) is 21.1. The minimum atomic E-state index is -0.964. The monoisotopic (exact) mass is 1020 g/mol. The van der Waals surface area contributed by atoms with Crippen molar-refractivity contribution < 1.29 is 42.2 Å². The number of carbonyl (C=O) groups is 4. The summed E-state index contributed by atoms with van der Waals surface area (Å²) < 4.78 is 53.6. The van der Waals surface area contributed by atoms with Crippen LogP contribution in [-0.4, -0.2) is 124 Å². The van der Waals surface area contributed by atoms with Crippen LogP contribution >= 0.6 is 0 Å². The largest absolute Gasteiger partial charge is 0.508 e. The second-order valence-electron chi connectivity index (χ2n) is 21.1. The lowest BCUT2D eigenvalue weighted by Crippen LogP contribution is -2.47. The molecule has 0 radical (unpaired) electrons. The lowest BCUT2D eigenvalue weighted by Gasteiger charge is -2.34. The highest BCUT2D eigenvalue weighted by Crippen LogP contribution is 2.42. The number of ether oxygens (including phenoxy) is 1. The van der Waals surface area contributed by atoms with Crippen molar-refractivity contribution in [2.45, 2.75) is 127 Å². The van der Waals surface area contributed by atoms with Gasteiger partial charge in [-0.3, -0.25) is 34.4 Å². The van der Waals surface area contributed by atoms with Crippen LogP contribution in [0.15, 0.2) is 54.7 Å². The predicted octanol–water partition coefficient (Wildman–Crippen LogP) is 8.25. The zero-order valence-corrected chi connectivity index (χ0v) is 42.1. The van der Waals surface area contributed by atoms with Gasteiger partial charge in [-0.25, -0.2) is 13.2 Å². The molecular formula is C56H66F3N9O6. The van der Waals surface area contributed by atoms with Crippen molar-refractivity contribution in [2.75, 3.05) is 62.6 Å². The summed E-state index contributed by atoms with van der Waals surface area (Å²) in [7, 11) is 0. The number of benzene rings is 3. The number of unbranched alkanes of at least 4 members (excludes halogenated alkanes) is 2. The number of aryl methyl sites for hydroxylation is 1. The molecule has 2 aromatic heterocycles. The summed E-state index contributed by atoms with van der Waals surface area (Å²) >= 11 is 0. The van der Waals surface area contributed by atoms with Gasteiger partial charge in [-0.2, -0.15) is 9.97 Å². The lowest BCUT2D eigenvalue weighted by molar-refractivity contribution is -0.134. The van der Waals surface area contributed by atoms with E-state index in [4.69, 9.17) is 9.72 Å². The molecule has 0 bridgehead atoms. The summed E-state index contributed by atoms with van der Waals surface area (Å²) in [5.74, 6) is -0.937. The third-order valence-corrected chi connectivity index (χ3v) is 16.1. The summed E-state index contributed by atoms with van der Waals surface area (Å²) in [5.41, 5.74) is 2.01. The Morgan fingerprint density at radius 1 is 0.932 bits per heavy atom. The molecular weight excluding hydrogens is 952 g/mol. The maximum Gasteiger partial charge on any atom is 0.319 e. The first kappa shape index (κ1) is 50.9. The number of pyridine rings is 1. The van der Waals surface area contributed by atoms with E-state index in [1.807, 2.05) is 24.0 Å². The number of fused-ring (bicyclic) bond motifs is 3. The topological polar surface area (TPSA) is 182 Å². The molecule has 10 rings (SSSR count). The number of aromatic nitrogens is 3. The van der Waals surface area contributed by atoms with Crippen LogP contribution in [0.25, 0.3) is 32.9 Å². The number of likely N-dealkylation sites (tertiary alicyclic amines) is 1. The van der Waals surface area contributed by atoms with Crippen molar-refractivity contribution in [3.8, 4) is 23.0 Å². The maximum absolute atomic E-state index is 17.2. The lowest BCUT2D eigenvalue weighted by atomic mass is 9.89. The normalized spacial score (nSPS) is 22.6. The molecule has 0 spiro atoms. The summed E-state index contributed by atoms with van der Waals surface area (Å²) in [6, 6.07) is 13.4. The zero-order chi connectivity index (χ0) is 51.5. The molecule has 74 heavy (non-hydrogen) atoms. The number of phenolic OH excluding ortho intramolecular Hbond substituents is 1. The molecule has 5 saturated heterocycles. The van der Waals surface area contributed by atoms with E-state index < -0.39 is 29.4 Å². The number of hydrogen-bond acceptors (Lipinski definition) is 12. The third kappa shape index (κ3) is 11.0. The van der Waals surface area contributed by atoms with Gasteiger partial charge in [0.05, 0.1) is 10.9 Å². The van der Waals surface area contributed by atoms with Gasteiger partial charge in [0.15, 0.2) is 5.82 Å². The Morgan fingerprint density at radius 3 is 2.54 bits per heavy atom. The van der Waals surface area contributed by atoms with E-state index in [0.717, 1.165) is 57.2 Å². The van der Waals surface area contributed by atoms with E-state index in [9.17, 15) is 28.7 Å². The summed E-state index contributed by atoms with van der Waals surface area (Å²) in [6.07, 6.45) is 10.0. The zero-order valence-electron chi connectivity index (χ0n) is 42.1. The Kier molecular flexibility index (Phi) is 15.2. The second kappa shape index (κ2) is 22.1. The molecule has 2 unspecified atom stereocenters. The smallest absolute Gasteiger partial charge is 0.319 e. The van der Waals surface area contributed by atoms with E-state index in [1.165, 1.54) is 30.0 Å². The van der Waals surface area contributed by atoms with Gasteiger partial charge in [-0.1, -0.05) is 31.5 Å². The number of nitrogens with one attached hydrogen (secondary N) is 3. The van der Waals surface area contributed by atoms with Crippen LogP contribution in [0, 0.1) is 17.6 Å². The number of alkyl halides is 1. The van der Waals surface area contributed by atoms with Gasteiger partial charge in [0, 0.05) is 82.4 Å². The standard InChI is InChI=1S/C56H66F3N9O6/c1-2-41-44(58)16-13-37-26-40(69)27-42(49(37)41)51-50(59)52-43(30-61-51)53(65-55(64-52)74-33-56-21-7-23-68(56)32-38(57)28-56)67-22-6-8-34(31-67)29-60-46(70)9-4-3-5-10-48(72)66-24-19-36(20-25-66)35-11-14-39(15-12-35)62-45-17-18-47(71)63-54(45)73/h11-16,26-27,30,34,36,38,45,62,69H,2-10,17-25,28-29,31-33H2,1H3,(H,60,70)(H,63,71,73)/t34?,38-,45?,56+/m1/s1. The SMILES string of the molecule is CCc1c(F)ccc2cc(O)cc(-c3ncc4c(N5CCCC(CNC(=O)CCCCCC(=O)N6CCC(c7ccc(NC8CCC(=O)NC8=O)cc7)CC6)C5)nc(OC[C@@]56CCCN5C[C@H](F)C6)nc4c3F)c12. The van der Waals surface area contributed by atoms with Gasteiger partial charge in [0.25, 0.3) is 0 Å². The van der Waals surface area contributed by atoms with Crippen LogP contribution in [0.3, 0.4) is 0 Å². The van der Waals surface area contributed by atoms with Crippen LogP contribution < -0.4 is 25.6 Å². The van der Waals surface area contributed by atoms with E-state index in [-0.39, 0.29) is 64.7 Å². The van der Waals surface area contributed by atoms with Gasteiger partial charge in [0.1, 0.15) is 47.4 Å². The Hall–Kier alpha value is -6.56. The van der Waals surface area contributed by atoms with Gasteiger partial charge in [0.2, 0.25) is 23.6 Å². The van der Waals surface area contributed by atoms with E-state index in [0.29, 0.717) is 124 Å². The predicted molar refractivity (Wildman–Crippen MR) is 276 cm³/mol. The molecule has 18 heteroatoms. The first-order chi connectivity index (χ1) is 35.8. The molecule has 7 heterocycles.